The van der Waals surface area contributed by atoms with Crippen molar-refractivity contribution >= 4 is 5.97 Å². The first-order valence-electron chi connectivity index (χ1n) is 10.1. The number of fused-ring (bicyclic) bond motifs is 6. The summed E-state index contributed by atoms with van der Waals surface area (Å²) < 4.78 is 5.45. The van der Waals surface area contributed by atoms with Crippen molar-refractivity contribution in [3.63, 3.8) is 0 Å². The van der Waals surface area contributed by atoms with Crippen molar-refractivity contribution < 1.29 is 9.53 Å². The summed E-state index contributed by atoms with van der Waals surface area (Å²) in [5, 5.41) is 0. The van der Waals surface area contributed by atoms with Crippen LogP contribution < -0.4 is 0 Å². The maximum atomic E-state index is 13.3. The standard InChI is InChI=1S/C26H20O2/c1-28-23(27)25-21-19-15-9-8-14-18(19)20-22(25)26(25,17-12-6-3-7-13-17)24(20,21)16-10-4-2-5-11-16/h2-15,20-22H,1H3. The molecular weight excluding hydrogens is 344 g/mol. The molecule has 0 aromatic heterocycles. The molecule has 136 valence electrons. The van der Waals surface area contributed by atoms with Gasteiger partial charge >= 0.3 is 5.97 Å². The Morgan fingerprint density at radius 1 is 0.786 bits per heavy atom. The zero-order chi connectivity index (χ0) is 18.7. The lowest BCUT2D eigenvalue weighted by Gasteiger charge is -2.62. The number of methoxy groups -OCH3 is 1. The average Bonchev–Trinajstić information content (AvgIpc) is 2.98. The zero-order valence-electron chi connectivity index (χ0n) is 15.6. The molecule has 28 heavy (non-hydrogen) atoms. The molecule has 0 heterocycles. The molecule has 2 nitrogen and oxygen atoms in total. The summed E-state index contributed by atoms with van der Waals surface area (Å²) in [4.78, 5) is 13.3. The Labute approximate surface area is 164 Å². The molecule has 0 bridgehead atoms. The number of benzene rings is 3. The first kappa shape index (κ1) is 15.1. The molecule has 3 fully saturated rings. The van der Waals surface area contributed by atoms with Gasteiger partial charge in [-0.2, -0.15) is 0 Å². The van der Waals surface area contributed by atoms with E-state index in [-0.39, 0.29) is 22.7 Å². The molecule has 7 rings (SSSR count). The number of carbonyl (C=O) groups is 1. The first-order valence-corrected chi connectivity index (χ1v) is 10.1. The number of hydrogen-bond donors (Lipinski definition) is 0. The van der Waals surface area contributed by atoms with Crippen molar-refractivity contribution in [1.82, 2.24) is 0 Å². The fraction of sp³-hybridized carbons (Fsp3) is 0.269. The molecule has 0 aliphatic heterocycles. The van der Waals surface area contributed by atoms with Gasteiger partial charge < -0.3 is 4.74 Å². The molecule has 3 aromatic carbocycles. The summed E-state index contributed by atoms with van der Waals surface area (Å²) >= 11 is 0. The first-order chi connectivity index (χ1) is 13.8. The van der Waals surface area contributed by atoms with Gasteiger partial charge in [0.25, 0.3) is 0 Å². The van der Waals surface area contributed by atoms with Crippen molar-refractivity contribution in [1.29, 1.82) is 0 Å². The number of carbonyl (C=O) groups excluding carboxylic acids is 1. The van der Waals surface area contributed by atoms with Gasteiger partial charge in [0.1, 0.15) is 0 Å². The van der Waals surface area contributed by atoms with Crippen molar-refractivity contribution in [2.45, 2.75) is 22.7 Å². The van der Waals surface area contributed by atoms with Gasteiger partial charge in [0, 0.05) is 22.7 Å². The van der Waals surface area contributed by atoms with Gasteiger partial charge in [0.15, 0.2) is 0 Å². The van der Waals surface area contributed by atoms with Crippen LogP contribution in [-0.2, 0) is 20.4 Å². The van der Waals surface area contributed by atoms with Crippen LogP contribution in [0, 0.1) is 11.3 Å². The van der Waals surface area contributed by atoms with E-state index < -0.39 is 5.41 Å². The molecular formula is C26H20O2. The van der Waals surface area contributed by atoms with Gasteiger partial charge in [-0.15, -0.1) is 0 Å². The number of esters is 1. The second-order valence-corrected chi connectivity index (χ2v) is 8.79. The quantitative estimate of drug-likeness (QED) is 0.637. The molecule has 4 aliphatic rings. The number of rotatable bonds is 3. The molecule has 0 N–H and O–H groups in total. The molecule has 6 unspecified atom stereocenters. The van der Waals surface area contributed by atoms with Crippen molar-refractivity contribution in [2.24, 2.45) is 11.3 Å². The lowest BCUT2D eigenvalue weighted by Crippen LogP contribution is -2.64. The van der Waals surface area contributed by atoms with Gasteiger partial charge in [0.05, 0.1) is 12.5 Å². The van der Waals surface area contributed by atoms with E-state index in [2.05, 4.69) is 84.9 Å². The van der Waals surface area contributed by atoms with Gasteiger partial charge in [-0.1, -0.05) is 84.9 Å². The van der Waals surface area contributed by atoms with Crippen LogP contribution >= 0.6 is 0 Å². The van der Waals surface area contributed by atoms with E-state index in [1.807, 2.05) is 0 Å². The lowest BCUT2D eigenvalue weighted by atomic mass is 9.38. The van der Waals surface area contributed by atoms with E-state index in [9.17, 15) is 4.79 Å². The zero-order valence-corrected chi connectivity index (χ0v) is 15.6. The molecule has 3 aromatic rings. The molecule has 3 saturated carbocycles. The maximum Gasteiger partial charge on any atom is 0.313 e. The molecule has 4 aliphatic carbocycles. The van der Waals surface area contributed by atoms with Crippen molar-refractivity contribution in [3.05, 3.63) is 107 Å². The predicted octanol–water partition coefficient (Wildman–Crippen LogP) is 4.56. The highest BCUT2D eigenvalue weighted by atomic mass is 16.5. The van der Waals surface area contributed by atoms with E-state index in [0.29, 0.717) is 11.8 Å². The Morgan fingerprint density at radius 3 is 2.00 bits per heavy atom. The molecule has 0 spiro atoms. The third-order valence-corrected chi connectivity index (χ3v) is 8.56. The fourth-order valence-corrected chi connectivity index (χ4v) is 8.34. The summed E-state index contributed by atoms with van der Waals surface area (Å²) in [6, 6.07) is 30.4. The Kier molecular flexibility index (Phi) is 2.38. The van der Waals surface area contributed by atoms with Crippen LogP contribution in [0.3, 0.4) is 0 Å². The fourth-order valence-electron chi connectivity index (χ4n) is 8.34. The van der Waals surface area contributed by atoms with Crippen LogP contribution in [-0.4, -0.2) is 13.1 Å². The monoisotopic (exact) mass is 364 g/mol. The van der Waals surface area contributed by atoms with Gasteiger partial charge in [-0.05, 0) is 28.2 Å². The van der Waals surface area contributed by atoms with E-state index in [1.54, 1.807) is 7.11 Å². The van der Waals surface area contributed by atoms with E-state index in [1.165, 1.54) is 22.3 Å². The third kappa shape index (κ3) is 1.09. The minimum atomic E-state index is -0.405. The molecule has 6 atom stereocenters. The van der Waals surface area contributed by atoms with Crippen LogP contribution in [0.4, 0.5) is 0 Å². The largest absolute Gasteiger partial charge is 0.469 e. The average molecular weight is 364 g/mol. The highest BCUT2D eigenvalue weighted by molar-refractivity contribution is 5.99. The Bertz CT molecular complexity index is 1150. The van der Waals surface area contributed by atoms with Gasteiger partial charge in [-0.3, -0.25) is 4.79 Å². The smallest absolute Gasteiger partial charge is 0.313 e. The summed E-state index contributed by atoms with van der Waals surface area (Å²) in [7, 11) is 1.55. The maximum absolute atomic E-state index is 13.3. The molecule has 0 radical (unpaired) electrons. The normalized spacial score (nSPS) is 39.8. The highest BCUT2D eigenvalue weighted by Gasteiger charge is 3.12. The van der Waals surface area contributed by atoms with Crippen LogP contribution in [0.1, 0.15) is 34.1 Å². The van der Waals surface area contributed by atoms with E-state index in [0.717, 1.165) is 0 Å². The molecule has 2 heteroatoms. The van der Waals surface area contributed by atoms with Gasteiger partial charge in [0.2, 0.25) is 0 Å². The number of ether oxygens (including phenoxy) is 1. The SMILES string of the molecule is COC(=O)C12C3c4ccccc4C4C1C2(c1ccccc1)C43c1ccccc1. The van der Waals surface area contributed by atoms with Crippen LogP contribution in [0.25, 0.3) is 0 Å². The van der Waals surface area contributed by atoms with E-state index >= 15 is 0 Å². The second-order valence-electron chi connectivity index (χ2n) is 8.79. The summed E-state index contributed by atoms with van der Waals surface area (Å²) in [5.41, 5.74) is 4.92. The highest BCUT2D eigenvalue weighted by Crippen LogP contribution is 3.09. The third-order valence-electron chi connectivity index (χ3n) is 8.56. The summed E-state index contributed by atoms with van der Waals surface area (Å²) in [6.45, 7) is 0. The second kappa shape index (κ2) is 4.41. The van der Waals surface area contributed by atoms with E-state index in [4.69, 9.17) is 4.74 Å². The summed E-state index contributed by atoms with van der Waals surface area (Å²) in [6.07, 6.45) is 0. The molecule has 0 saturated heterocycles. The Balaban J connectivity index is 1.57. The topological polar surface area (TPSA) is 26.3 Å². The van der Waals surface area contributed by atoms with Crippen LogP contribution in [0.15, 0.2) is 84.9 Å². The van der Waals surface area contributed by atoms with Crippen molar-refractivity contribution in [2.75, 3.05) is 7.11 Å². The lowest BCUT2D eigenvalue weighted by molar-refractivity contribution is -0.155. The van der Waals surface area contributed by atoms with Crippen LogP contribution in [0.2, 0.25) is 0 Å². The van der Waals surface area contributed by atoms with Gasteiger partial charge in [-0.25, -0.2) is 0 Å². The minimum absolute atomic E-state index is 0.0186. The molecule has 0 amide bonds. The predicted molar refractivity (Wildman–Crippen MR) is 106 cm³/mol. The Morgan fingerprint density at radius 2 is 1.36 bits per heavy atom. The van der Waals surface area contributed by atoms with Crippen LogP contribution in [0.5, 0.6) is 0 Å². The van der Waals surface area contributed by atoms with Crippen molar-refractivity contribution in [3.8, 4) is 0 Å². The Hall–Kier alpha value is -2.87. The number of hydrogen-bond acceptors (Lipinski definition) is 2. The summed E-state index contributed by atoms with van der Waals surface area (Å²) in [5.74, 6) is 0.932. The minimum Gasteiger partial charge on any atom is -0.469 e.